The highest BCUT2D eigenvalue weighted by Gasteiger charge is 2.13. The molecule has 0 amide bonds. The van der Waals surface area contributed by atoms with E-state index in [4.69, 9.17) is 11.0 Å². The molecule has 6 heteroatoms. The van der Waals surface area contributed by atoms with E-state index in [9.17, 15) is 0 Å². The summed E-state index contributed by atoms with van der Waals surface area (Å²) in [6, 6.07) is 2.01. The average molecular weight is 205 g/mol. The fourth-order valence-corrected chi connectivity index (χ4v) is 1.75. The van der Waals surface area contributed by atoms with E-state index in [1.807, 2.05) is 11.4 Å². The van der Waals surface area contributed by atoms with Gasteiger partial charge in [-0.3, -0.25) is 0 Å². The van der Waals surface area contributed by atoms with E-state index < -0.39 is 0 Å². The first kappa shape index (κ1) is 8.72. The minimum absolute atomic E-state index is 0.347. The summed E-state index contributed by atoms with van der Waals surface area (Å²) in [5.41, 5.74) is 6.79. The van der Waals surface area contributed by atoms with Crippen LogP contribution in [-0.2, 0) is 0 Å². The highest BCUT2D eigenvalue weighted by molar-refractivity contribution is 7.12. The van der Waals surface area contributed by atoms with E-state index in [2.05, 4.69) is 10.1 Å². The molecule has 0 aliphatic carbocycles. The maximum atomic E-state index is 8.81. The number of rotatable bonds is 1. The number of aromatic nitrogens is 3. The van der Waals surface area contributed by atoms with Crippen molar-refractivity contribution in [2.24, 2.45) is 0 Å². The number of nitriles is 1. The molecule has 2 N–H and O–H groups in total. The molecule has 5 nitrogen and oxygen atoms in total. The van der Waals surface area contributed by atoms with Crippen LogP contribution in [0.3, 0.4) is 0 Å². The third-order valence-corrected chi connectivity index (χ3v) is 2.56. The summed E-state index contributed by atoms with van der Waals surface area (Å²) in [4.78, 5) is 4.07. The Morgan fingerprint density at radius 3 is 2.93 bits per heavy atom. The van der Waals surface area contributed by atoms with Crippen LogP contribution in [0.5, 0.6) is 0 Å². The van der Waals surface area contributed by atoms with Gasteiger partial charge in [-0.25, -0.2) is 4.98 Å². The Morgan fingerprint density at radius 1 is 1.64 bits per heavy atom. The fourth-order valence-electron chi connectivity index (χ4n) is 1.15. The van der Waals surface area contributed by atoms with Crippen molar-refractivity contribution >= 4 is 17.2 Å². The first-order chi connectivity index (χ1) is 6.74. The molecule has 2 aromatic heterocycles. The van der Waals surface area contributed by atoms with E-state index in [0.717, 1.165) is 0 Å². The SMILES string of the molecule is Cc1nn(-c2nccs2)c(N)c1C#N. The zero-order chi connectivity index (χ0) is 10.1. The molecule has 0 aromatic carbocycles. The molecule has 70 valence electrons. The molecule has 0 aliphatic heterocycles. The molecule has 0 fully saturated rings. The van der Waals surface area contributed by atoms with Gasteiger partial charge in [0, 0.05) is 11.6 Å². The molecule has 14 heavy (non-hydrogen) atoms. The highest BCUT2D eigenvalue weighted by Crippen LogP contribution is 2.20. The first-order valence-corrected chi connectivity index (χ1v) is 4.77. The Morgan fingerprint density at radius 2 is 2.43 bits per heavy atom. The molecule has 2 heterocycles. The van der Waals surface area contributed by atoms with Gasteiger partial charge in [-0.2, -0.15) is 15.0 Å². The first-order valence-electron chi connectivity index (χ1n) is 3.89. The Kier molecular flexibility index (Phi) is 1.94. The number of hydrogen-bond donors (Lipinski definition) is 1. The van der Waals surface area contributed by atoms with Crippen LogP contribution in [-0.4, -0.2) is 14.8 Å². The zero-order valence-corrected chi connectivity index (χ0v) is 8.25. The van der Waals surface area contributed by atoms with Gasteiger partial charge in [0.1, 0.15) is 17.5 Å². The molecular formula is C8H7N5S. The maximum absolute atomic E-state index is 8.81. The van der Waals surface area contributed by atoms with Crippen LogP contribution in [0.25, 0.3) is 5.13 Å². The molecule has 0 saturated heterocycles. The molecule has 0 unspecified atom stereocenters. The fraction of sp³-hybridized carbons (Fsp3) is 0.125. The van der Waals surface area contributed by atoms with Crippen molar-refractivity contribution in [3.8, 4) is 11.2 Å². The molecule has 0 aliphatic rings. The van der Waals surface area contributed by atoms with Gasteiger partial charge in [-0.15, -0.1) is 11.3 Å². The van der Waals surface area contributed by atoms with Gasteiger partial charge in [-0.05, 0) is 6.92 Å². The summed E-state index contributed by atoms with van der Waals surface area (Å²) in [6.07, 6.45) is 1.67. The Balaban J connectivity index is 2.63. The number of thiazole rings is 1. The van der Waals surface area contributed by atoms with E-state index in [-0.39, 0.29) is 0 Å². The monoisotopic (exact) mass is 205 g/mol. The van der Waals surface area contributed by atoms with Crippen LogP contribution in [0.1, 0.15) is 11.3 Å². The molecule has 0 bridgehead atoms. The average Bonchev–Trinajstić information content (AvgIpc) is 2.74. The minimum atomic E-state index is 0.347. The van der Waals surface area contributed by atoms with Crippen molar-refractivity contribution in [1.29, 1.82) is 5.26 Å². The Labute approximate surface area is 84.4 Å². The molecule has 0 spiro atoms. The summed E-state index contributed by atoms with van der Waals surface area (Å²) in [6.45, 7) is 1.75. The largest absolute Gasteiger partial charge is 0.382 e. The lowest BCUT2D eigenvalue weighted by molar-refractivity contribution is 0.862. The second-order valence-corrected chi connectivity index (χ2v) is 3.56. The number of aryl methyl sites for hydroxylation is 1. The van der Waals surface area contributed by atoms with Crippen molar-refractivity contribution in [3.05, 3.63) is 22.8 Å². The highest BCUT2D eigenvalue weighted by atomic mass is 32.1. The van der Waals surface area contributed by atoms with Gasteiger partial charge in [0.25, 0.3) is 0 Å². The quantitative estimate of drug-likeness (QED) is 0.755. The summed E-state index contributed by atoms with van der Waals surface area (Å²) < 4.78 is 1.48. The number of hydrogen-bond acceptors (Lipinski definition) is 5. The van der Waals surface area contributed by atoms with Gasteiger partial charge in [0.2, 0.25) is 5.13 Å². The summed E-state index contributed by atoms with van der Waals surface area (Å²) >= 11 is 1.42. The predicted molar refractivity (Wildman–Crippen MR) is 53.1 cm³/mol. The smallest absolute Gasteiger partial charge is 0.212 e. The Hall–Kier alpha value is -1.87. The second-order valence-electron chi connectivity index (χ2n) is 2.68. The van der Waals surface area contributed by atoms with Crippen molar-refractivity contribution < 1.29 is 0 Å². The van der Waals surface area contributed by atoms with Crippen molar-refractivity contribution in [2.45, 2.75) is 6.92 Å². The van der Waals surface area contributed by atoms with Crippen LogP contribution in [0.4, 0.5) is 5.82 Å². The number of nitrogens with two attached hydrogens (primary N) is 1. The van der Waals surface area contributed by atoms with Gasteiger partial charge in [0.15, 0.2) is 0 Å². The standard InChI is InChI=1S/C8H7N5S/c1-5-6(4-9)7(10)13(12-5)8-11-2-3-14-8/h2-3H,10H2,1H3. The lowest BCUT2D eigenvalue weighted by Gasteiger charge is -1.96. The minimum Gasteiger partial charge on any atom is -0.382 e. The molecular weight excluding hydrogens is 198 g/mol. The van der Waals surface area contributed by atoms with Crippen molar-refractivity contribution in [2.75, 3.05) is 5.73 Å². The number of nitrogens with zero attached hydrogens (tertiary/aromatic N) is 4. The summed E-state index contributed by atoms with van der Waals surface area (Å²) in [5.74, 6) is 0.347. The normalized spacial score (nSPS) is 10.0. The van der Waals surface area contributed by atoms with Crippen LogP contribution in [0.2, 0.25) is 0 Å². The summed E-state index contributed by atoms with van der Waals surface area (Å²) in [5, 5.41) is 15.5. The third kappa shape index (κ3) is 1.15. The number of anilines is 1. The van der Waals surface area contributed by atoms with Crippen LogP contribution in [0, 0.1) is 18.3 Å². The summed E-state index contributed by atoms with van der Waals surface area (Å²) in [7, 11) is 0. The van der Waals surface area contributed by atoms with Gasteiger partial charge < -0.3 is 5.73 Å². The maximum Gasteiger partial charge on any atom is 0.212 e. The van der Waals surface area contributed by atoms with Crippen LogP contribution >= 0.6 is 11.3 Å². The lowest BCUT2D eigenvalue weighted by atomic mass is 10.3. The van der Waals surface area contributed by atoms with Gasteiger partial charge in [-0.1, -0.05) is 0 Å². The number of nitrogen functional groups attached to an aromatic ring is 1. The lowest BCUT2D eigenvalue weighted by Crippen LogP contribution is -2.01. The Bertz CT molecular complexity index is 491. The van der Waals surface area contributed by atoms with Gasteiger partial charge >= 0.3 is 0 Å². The predicted octanol–water partition coefficient (Wildman–Crippen LogP) is 1.09. The zero-order valence-electron chi connectivity index (χ0n) is 7.43. The third-order valence-electron chi connectivity index (χ3n) is 1.81. The molecule has 2 rings (SSSR count). The second kappa shape index (κ2) is 3.12. The van der Waals surface area contributed by atoms with Crippen molar-refractivity contribution in [1.82, 2.24) is 14.8 Å². The van der Waals surface area contributed by atoms with Crippen LogP contribution in [0.15, 0.2) is 11.6 Å². The molecule has 2 aromatic rings. The van der Waals surface area contributed by atoms with Crippen LogP contribution < -0.4 is 5.73 Å². The van der Waals surface area contributed by atoms with Crippen molar-refractivity contribution in [3.63, 3.8) is 0 Å². The molecule has 0 saturated carbocycles. The topological polar surface area (TPSA) is 80.5 Å². The van der Waals surface area contributed by atoms with E-state index >= 15 is 0 Å². The van der Waals surface area contributed by atoms with E-state index in [1.165, 1.54) is 16.0 Å². The van der Waals surface area contributed by atoms with Gasteiger partial charge in [0.05, 0.1) is 5.69 Å². The molecule has 0 radical (unpaired) electrons. The van der Waals surface area contributed by atoms with E-state index in [0.29, 0.717) is 22.2 Å². The van der Waals surface area contributed by atoms with E-state index in [1.54, 1.807) is 13.1 Å². The molecule has 0 atom stereocenters.